The van der Waals surface area contributed by atoms with E-state index in [2.05, 4.69) is 20.3 Å². The second-order valence-corrected chi connectivity index (χ2v) is 9.00. The average molecular weight is 419 g/mol. The summed E-state index contributed by atoms with van der Waals surface area (Å²) in [4.78, 5) is 12.2. The maximum Gasteiger partial charge on any atom is 0.326 e. The molecule has 1 aliphatic rings. The van der Waals surface area contributed by atoms with E-state index in [0.717, 1.165) is 14.7 Å². The fraction of sp³-hybridized carbons (Fsp3) is 0.429. The fourth-order valence-electron chi connectivity index (χ4n) is 2.15. The third-order valence-corrected chi connectivity index (χ3v) is 6.78. The first-order valence-corrected chi connectivity index (χ1v) is 10.3. The molecule has 124 valence electrons. The Bertz CT molecular complexity index is 926. The molecule has 1 fully saturated rings. The number of aromatic nitrogens is 1. The SMILES string of the molecule is CCOC(=O)Cn1/c(=N/S(=O)(=O)C2CC2)sc2cc(Br)ccc21. The Morgan fingerprint density at radius 3 is 2.87 bits per heavy atom. The van der Waals surface area contributed by atoms with Crippen LogP contribution in [-0.2, 0) is 26.1 Å². The van der Waals surface area contributed by atoms with Gasteiger partial charge in [0.15, 0.2) is 0 Å². The molecule has 2 aromatic rings. The first kappa shape index (κ1) is 16.7. The standard InChI is InChI=1S/C14H15BrN2O4S2/c1-2-21-13(18)8-17-11-6-3-9(15)7-12(11)22-14(17)16-23(19,20)10-4-5-10/h3,6-7,10H,2,4-5,8H2,1H3/b16-14-. The highest BCUT2D eigenvalue weighted by Gasteiger charge is 2.35. The van der Waals surface area contributed by atoms with Crippen LogP contribution < -0.4 is 4.80 Å². The molecule has 0 atom stereocenters. The number of nitrogens with zero attached hydrogens (tertiary/aromatic N) is 2. The number of sulfonamides is 1. The molecule has 1 saturated carbocycles. The van der Waals surface area contributed by atoms with Crippen molar-refractivity contribution >= 4 is 53.5 Å². The van der Waals surface area contributed by atoms with Crippen molar-refractivity contribution in [1.29, 1.82) is 0 Å². The van der Waals surface area contributed by atoms with Gasteiger partial charge in [-0.25, -0.2) is 8.42 Å². The normalized spacial score (nSPS) is 16.0. The molecule has 1 aromatic carbocycles. The highest BCUT2D eigenvalue weighted by Crippen LogP contribution is 2.29. The lowest BCUT2D eigenvalue weighted by Gasteiger charge is -2.05. The van der Waals surface area contributed by atoms with Crippen LogP contribution in [0.4, 0.5) is 0 Å². The minimum absolute atomic E-state index is 0.0610. The van der Waals surface area contributed by atoms with Crippen LogP contribution in [0.2, 0.25) is 0 Å². The van der Waals surface area contributed by atoms with E-state index < -0.39 is 16.0 Å². The van der Waals surface area contributed by atoms with E-state index >= 15 is 0 Å². The zero-order chi connectivity index (χ0) is 16.6. The van der Waals surface area contributed by atoms with Gasteiger partial charge in [0.25, 0.3) is 10.0 Å². The minimum Gasteiger partial charge on any atom is -0.465 e. The summed E-state index contributed by atoms with van der Waals surface area (Å²) in [5, 5.41) is -0.379. The monoisotopic (exact) mass is 418 g/mol. The first-order chi connectivity index (χ1) is 10.9. The third kappa shape index (κ3) is 3.67. The van der Waals surface area contributed by atoms with Gasteiger partial charge in [-0.3, -0.25) is 4.79 Å². The van der Waals surface area contributed by atoms with Crippen LogP contribution in [-0.4, -0.2) is 30.8 Å². The maximum atomic E-state index is 12.2. The molecular weight excluding hydrogens is 404 g/mol. The summed E-state index contributed by atoms with van der Waals surface area (Å²) in [7, 11) is -3.52. The number of hydrogen-bond acceptors (Lipinski definition) is 5. The Balaban J connectivity index is 2.15. The molecule has 0 aliphatic heterocycles. The highest BCUT2D eigenvalue weighted by atomic mass is 79.9. The molecule has 0 N–H and O–H groups in total. The van der Waals surface area contributed by atoms with Crippen molar-refractivity contribution in [1.82, 2.24) is 4.57 Å². The van der Waals surface area contributed by atoms with Gasteiger partial charge in [-0.15, -0.1) is 4.40 Å². The van der Waals surface area contributed by atoms with Crippen molar-refractivity contribution in [2.75, 3.05) is 6.61 Å². The molecule has 9 heteroatoms. The number of thiazole rings is 1. The summed E-state index contributed by atoms with van der Waals surface area (Å²) in [5.74, 6) is -0.416. The van der Waals surface area contributed by atoms with Gasteiger partial charge in [-0.1, -0.05) is 27.3 Å². The fourth-order valence-corrected chi connectivity index (χ4v) is 5.26. The van der Waals surface area contributed by atoms with Crippen LogP contribution in [0.3, 0.4) is 0 Å². The van der Waals surface area contributed by atoms with Gasteiger partial charge in [-0.2, -0.15) is 0 Å². The number of ether oxygens (including phenoxy) is 1. The molecule has 0 unspecified atom stereocenters. The Morgan fingerprint density at radius 2 is 2.22 bits per heavy atom. The average Bonchev–Trinajstić information content (AvgIpc) is 3.26. The lowest BCUT2D eigenvalue weighted by atomic mass is 10.3. The summed E-state index contributed by atoms with van der Waals surface area (Å²) < 4.78 is 36.6. The highest BCUT2D eigenvalue weighted by molar-refractivity contribution is 9.10. The molecule has 1 aromatic heterocycles. The number of hydrogen-bond donors (Lipinski definition) is 0. The molecule has 0 spiro atoms. The quantitative estimate of drug-likeness (QED) is 0.698. The van der Waals surface area contributed by atoms with Crippen molar-refractivity contribution in [3.05, 3.63) is 27.5 Å². The number of fused-ring (bicyclic) bond motifs is 1. The van der Waals surface area contributed by atoms with Gasteiger partial charge < -0.3 is 9.30 Å². The first-order valence-electron chi connectivity index (χ1n) is 7.15. The van der Waals surface area contributed by atoms with E-state index in [9.17, 15) is 13.2 Å². The minimum atomic E-state index is -3.52. The molecule has 23 heavy (non-hydrogen) atoms. The van der Waals surface area contributed by atoms with E-state index in [0.29, 0.717) is 17.6 Å². The van der Waals surface area contributed by atoms with Crippen molar-refractivity contribution in [3.63, 3.8) is 0 Å². The van der Waals surface area contributed by atoms with Crippen LogP contribution in [0.5, 0.6) is 0 Å². The van der Waals surface area contributed by atoms with Gasteiger partial charge in [-0.05, 0) is 38.0 Å². The number of halogens is 1. The van der Waals surface area contributed by atoms with Crippen LogP contribution in [0.25, 0.3) is 10.2 Å². The predicted molar refractivity (Wildman–Crippen MR) is 91.7 cm³/mol. The van der Waals surface area contributed by atoms with Crippen LogP contribution >= 0.6 is 27.3 Å². The Labute approximate surface area is 146 Å². The number of carbonyl (C=O) groups excluding carboxylic acids is 1. The van der Waals surface area contributed by atoms with Gasteiger partial charge in [0.2, 0.25) is 4.80 Å². The number of rotatable bonds is 5. The third-order valence-electron chi connectivity index (χ3n) is 3.39. The maximum absolute atomic E-state index is 12.2. The second-order valence-electron chi connectivity index (χ2n) is 5.19. The number of esters is 1. The summed E-state index contributed by atoms with van der Waals surface area (Å²) in [5.41, 5.74) is 0.760. The van der Waals surface area contributed by atoms with E-state index in [-0.39, 0.29) is 18.4 Å². The van der Waals surface area contributed by atoms with E-state index in [4.69, 9.17) is 4.74 Å². The zero-order valence-corrected chi connectivity index (χ0v) is 15.6. The zero-order valence-electron chi connectivity index (χ0n) is 12.4. The topological polar surface area (TPSA) is 77.7 Å². The van der Waals surface area contributed by atoms with E-state index in [1.807, 2.05) is 18.2 Å². The van der Waals surface area contributed by atoms with Gasteiger partial charge in [0, 0.05) is 4.47 Å². The van der Waals surface area contributed by atoms with Crippen molar-refractivity contribution in [2.24, 2.45) is 4.40 Å². The molecule has 0 amide bonds. The molecule has 0 bridgehead atoms. The number of benzene rings is 1. The Morgan fingerprint density at radius 1 is 1.48 bits per heavy atom. The Kier molecular flexibility index (Phi) is 4.61. The van der Waals surface area contributed by atoms with E-state index in [1.54, 1.807) is 11.5 Å². The molecule has 1 heterocycles. The molecule has 0 saturated heterocycles. The second kappa shape index (κ2) is 6.37. The Hall–Kier alpha value is -1.19. The summed E-state index contributed by atoms with van der Waals surface area (Å²) in [6.07, 6.45) is 1.31. The summed E-state index contributed by atoms with van der Waals surface area (Å²) in [6.45, 7) is 1.95. The number of carbonyl (C=O) groups is 1. The molecule has 1 aliphatic carbocycles. The van der Waals surface area contributed by atoms with Crippen LogP contribution in [0, 0.1) is 0 Å². The lowest BCUT2D eigenvalue weighted by Crippen LogP contribution is -2.23. The van der Waals surface area contributed by atoms with Crippen LogP contribution in [0.15, 0.2) is 27.1 Å². The van der Waals surface area contributed by atoms with Gasteiger partial charge in [0.1, 0.15) is 6.54 Å². The van der Waals surface area contributed by atoms with Crippen molar-refractivity contribution < 1.29 is 17.9 Å². The molecule has 3 rings (SSSR count). The largest absolute Gasteiger partial charge is 0.465 e. The smallest absolute Gasteiger partial charge is 0.326 e. The molecule has 6 nitrogen and oxygen atoms in total. The molecule has 0 radical (unpaired) electrons. The predicted octanol–water partition coefficient (Wildman–Crippen LogP) is 2.42. The van der Waals surface area contributed by atoms with E-state index in [1.165, 1.54) is 11.3 Å². The lowest BCUT2D eigenvalue weighted by molar-refractivity contribution is -0.143. The van der Waals surface area contributed by atoms with Crippen molar-refractivity contribution in [3.8, 4) is 0 Å². The molecular formula is C14H15BrN2O4S2. The van der Waals surface area contributed by atoms with Gasteiger partial charge in [0.05, 0.1) is 22.1 Å². The van der Waals surface area contributed by atoms with Gasteiger partial charge >= 0.3 is 5.97 Å². The van der Waals surface area contributed by atoms with Crippen molar-refractivity contribution in [2.45, 2.75) is 31.6 Å². The summed E-state index contributed by atoms with van der Waals surface area (Å²) >= 11 is 4.64. The summed E-state index contributed by atoms with van der Waals surface area (Å²) in [6, 6.07) is 5.55. The van der Waals surface area contributed by atoms with Crippen LogP contribution in [0.1, 0.15) is 19.8 Å².